The van der Waals surface area contributed by atoms with Gasteiger partial charge in [0.2, 0.25) is 5.91 Å². The lowest BCUT2D eigenvalue weighted by atomic mass is 9.97. The van der Waals surface area contributed by atoms with Crippen molar-refractivity contribution in [1.29, 1.82) is 0 Å². The summed E-state index contributed by atoms with van der Waals surface area (Å²) < 4.78 is 11.1. The molecule has 21 heavy (non-hydrogen) atoms. The van der Waals surface area contributed by atoms with Crippen molar-refractivity contribution in [1.82, 2.24) is 5.32 Å². The molecule has 1 fully saturated rings. The van der Waals surface area contributed by atoms with Crippen molar-refractivity contribution in [3.63, 3.8) is 0 Å². The van der Waals surface area contributed by atoms with E-state index < -0.39 is 45.3 Å². The van der Waals surface area contributed by atoms with Crippen LogP contribution in [0, 0.1) is 0 Å². The third kappa shape index (κ3) is 5.65. The molecule has 0 spiro atoms. The average molecular weight is 321 g/mol. The quantitative estimate of drug-likeness (QED) is 0.481. The molecule has 8 heteroatoms. The number of rotatable bonds is 6. The second-order valence-corrected chi connectivity index (χ2v) is 12.2. The molecule has 1 aliphatic rings. The first-order chi connectivity index (χ1) is 9.65. The average Bonchev–Trinajstić information content (AvgIpc) is 2.35. The zero-order chi connectivity index (χ0) is 16.2. The lowest BCUT2D eigenvalue weighted by molar-refractivity contribution is -0.268. The van der Waals surface area contributed by atoms with Gasteiger partial charge in [-0.3, -0.25) is 4.79 Å². The van der Waals surface area contributed by atoms with Crippen molar-refractivity contribution in [2.75, 3.05) is 13.2 Å². The minimum absolute atomic E-state index is 0.351. The van der Waals surface area contributed by atoms with Gasteiger partial charge in [-0.05, 0) is 6.04 Å². The molecule has 1 rings (SSSR count). The lowest BCUT2D eigenvalue weighted by Gasteiger charge is -2.42. The molecule has 0 aromatic carbocycles. The third-order valence-corrected chi connectivity index (χ3v) is 5.09. The standard InChI is InChI=1S/C13H27NO6Si/c1-8(16)14-10-12(18)11(17)9(7-15)20-13(10)19-5-6-21(2,3)4/h9-13,15,17-18H,5-7H2,1-4H3,(H,14,16)/t9-,10-,11+,12-,13+/m1/s1. The minimum Gasteiger partial charge on any atom is -0.394 e. The van der Waals surface area contributed by atoms with E-state index in [1.54, 1.807) is 0 Å². The molecule has 4 N–H and O–H groups in total. The van der Waals surface area contributed by atoms with Crippen molar-refractivity contribution in [2.24, 2.45) is 0 Å². The summed E-state index contributed by atoms with van der Waals surface area (Å²) >= 11 is 0. The molecular formula is C13H27NO6Si. The fourth-order valence-corrected chi connectivity index (χ4v) is 2.82. The van der Waals surface area contributed by atoms with Crippen LogP contribution in [0.15, 0.2) is 0 Å². The highest BCUT2D eigenvalue weighted by Gasteiger charge is 2.45. The van der Waals surface area contributed by atoms with E-state index >= 15 is 0 Å². The van der Waals surface area contributed by atoms with Gasteiger partial charge in [-0.25, -0.2) is 0 Å². The third-order valence-electron chi connectivity index (χ3n) is 3.38. The first-order valence-corrected chi connectivity index (χ1v) is 10.9. The van der Waals surface area contributed by atoms with Gasteiger partial charge in [0.15, 0.2) is 6.29 Å². The SMILES string of the molecule is CC(=O)N[C@H]1[C@@H](OCC[Si](C)(C)C)O[C@H](CO)[C@H](O)[C@@H]1O. The highest BCUT2D eigenvalue weighted by molar-refractivity contribution is 6.76. The highest BCUT2D eigenvalue weighted by Crippen LogP contribution is 2.23. The van der Waals surface area contributed by atoms with Crippen molar-refractivity contribution in [3.8, 4) is 0 Å². The number of aliphatic hydroxyl groups excluding tert-OH is 3. The van der Waals surface area contributed by atoms with Crippen molar-refractivity contribution >= 4 is 14.0 Å². The van der Waals surface area contributed by atoms with Crippen LogP contribution in [-0.4, -0.2) is 73.2 Å². The van der Waals surface area contributed by atoms with Crippen LogP contribution in [0.2, 0.25) is 25.7 Å². The molecule has 1 aliphatic heterocycles. The normalized spacial score (nSPS) is 33.8. The molecule has 0 radical (unpaired) electrons. The molecule has 7 nitrogen and oxygen atoms in total. The summed E-state index contributed by atoms with van der Waals surface area (Å²) in [6.07, 6.45) is -4.34. The van der Waals surface area contributed by atoms with E-state index in [0.717, 1.165) is 6.04 Å². The molecule has 1 saturated heterocycles. The number of hydrogen-bond donors (Lipinski definition) is 4. The van der Waals surface area contributed by atoms with Crippen LogP contribution in [0.5, 0.6) is 0 Å². The molecule has 0 unspecified atom stereocenters. The van der Waals surface area contributed by atoms with Gasteiger partial charge in [0.25, 0.3) is 0 Å². The Bertz CT molecular complexity index is 348. The number of hydrogen-bond acceptors (Lipinski definition) is 6. The fraction of sp³-hybridized carbons (Fsp3) is 0.923. The summed E-state index contributed by atoms with van der Waals surface area (Å²) in [5, 5.41) is 31.7. The summed E-state index contributed by atoms with van der Waals surface area (Å²) in [7, 11) is -1.28. The van der Waals surface area contributed by atoms with Crippen LogP contribution in [0.3, 0.4) is 0 Å². The van der Waals surface area contributed by atoms with Crippen LogP contribution in [-0.2, 0) is 14.3 Å². The van der Waals surface area contributed by atoms with E-state index in [-0.39, 0.29) is 5.91 Å². The molecular weight excluding hydrogens is 294 g/mol. The van der Waals surface area contributed by atoms with Crippen LogP contribution >= 0.6 is 0 Å². The van der Waals surface area contributed by atoms with Crippen molar-refractivity contribution in [3.05, 3.63) is 0 Å². The van der Waals surface area contributed by atoms with Gasteiger partial charge in [-0.1, -0.05) is 19.6 Å². The maximum absolute atomic E-state index is 11.2. The minimum atomic E-state index is -1.28. The van der Waals surface area contributed by atoms with Crippen molar-refractivity contribution in [2.45, 2.75) is 63.3 Å². The molecule has 0 aromatic rings. The largest absolute Gasteiger partial charge is 0.394 e. The summed E-state index contributed by atoms with van der Waals surface area (Å²) in [5.74, 6) is -0.351. The Kier molecular flexibility index (Phi) is 6.76. The van der Waals surface area contributed by atoms with Crippen LogP contribution in [0.1, 0.15) is 6.92 Å². The zero-order valence-electron chi connectivity index (χ0n) is 13.1. The van der Waals surface area contributed by atoms with Gasteiger partial charge >= 0.3 is 0 Å². The van der Waals surface area contributed by atoms with E-state index in [9.17, 15) is 20.1 Å². The topological polar surface area (TPSA) is 108 Å². The number of nitrogens with one attached hydrogen (secondary N) is 1. The first kappa shape index (κ1) is 18.5. The zero-order valence-corrected chi connectivity index (χ0v) is 14.1. The number of amides is 1. The molecule has 0 aliphatic carbocycles. The number of ether oxygens (including phenoxy) is 2. The van der Waals surface area contributed by atoms with Crippen LogP contribution < -0.4 is 5.32 Å². The van der Waals surface area contributed by atoms with Gasteiger partial charge < -0.3 is 30.1 Å². The second kappa shape index (κ2) is 7.66. The van der Waals surface area contributed by atoms with Crippen LogP contribution in [0.4, 0.5) is 0 Å². The molecule has 1 amide bonds. The van der Waals surface area contributed by atoms with E-state index in [1.807, 2.05) is 0 Å². The number of aliphatic hydroxyl groups is 3. The maximum atomic E-state index is 11.2. The predicted octanol–water partition coefficient (Wildman–Crippen LogP) is -0.715. The van der Waals surface area contributed by atoms with E-state index in [0.29, 0.717) is 6.61 Å². The Hall–Kier alpha value is -0.513. The van der Waals surface area contributed by atoms with Gasteiger partial charge in [0.05, 0.1) is 6.61 Å². The van der Waals surface area contributed by atoms with Gasteiger partial charge in [0.1, 0.15) is 24.4 Å². The highest BCUT2D eigenvalue weighted by atomic mass is 28.3. The van der Waals surface area contributed by atoms with Crippen molar-refractivity contribution < 1.29 is 29.6 Å². The van der Waals surface area contributed by atoms with E-state index in [2.05, 4.69) is 25.0 Å². The Morgan fingerprint density at radius 2 is 1.90 bits per heavy atom. The first-order valence-electron chi connectivity index (χ1n) is 7.17. The predicted molar refractivity (Wildman–Crippen MR) is 79.5 cm³/mol. The summed E-state index contributed by atoms with van der Waals surface area (Å²) in [6, 6.07) is 0.0455. The number of carbonyl (C=O) groups excluding carboxylic acids is 1. The van der Waals surface area contributed by atoms with Gasteiger partial charge in [0, 0.05) is 21.6 Å². The van der Waals surface area contributed by atoms with Crippen LogP contribution in [0.25, 0.3) is 0 Å². The van der Waals surface area contributed by atoms with E-state index in [4.69, 9.17) is 9.47 Å². The summed E-state index contributed by atoms with van der Waals surface area (Å²) in [4.78, 5) is 11.2. The Morgan fingerprint density at radius 3 is 2.38 bits per heavy atom. The monoisotopic (exact) mass is 321 g/mol. The van der Waals surface area contributed by atoms with E-state index in [1.165, 1.54) is 6.92 Å². The molecule has 5 atom stereocenters. The van der Waals surface area contributed by atoms with Gasteiger partial charge in [-0.15, -0.1) is 0 Å². The lowest BCUT2D eigenvalue weighted by Crippen LogP contribution is -2.64. The summed E-state index contributed by atoms with van der Waals surface area (Å²) in [5.41, 5.74) is 0. The molecule has 1 heterocycles. The Morgan fingerprint density at radius 1 is 1.29 bits per heavy atom. The fourth-order valence-electron chi connectivity index (χ4n) is 2.09. The molecule has 0 saturated carbocycles. The molecule has 124 valence electrons. The Balaban J connectivity index is 2.71. The molecule has 0 aromatic heterocycles. The smallest absolute Gasteiger partial charge is 0.217 e. The molecule has 0 bridgehead atoms. The second-order valence-electron chi connectivity index (χ2n) is 6.61. The Labute approximate surface area is 126 Å². The summed E-state index contributed by atoms with van der Waals surface area (Å²) in [6.45, 7) is 7.95. The maximum Gasteiger partial charge on any atom is 0.217 e. The number of carbonyl (C=O) groups is 1. The van der Waals surface area contributed by atoms with Gasteiger partial charge in [-0.2, -0.15) is 0 Å².